The van der Waals surface area contributed by atoms with Gasteiger partial charge >= 0.3 is 0 Å². The second kappa shape index (κ2) is 13.0. The Hall–Kier alpha value is -1.54. The zero-order valence-corrected chi connectivity index (χ0v) is 13.8. The van der Waals surface area contributed by atoms with Gasteiger partial charge in [0, 0.05) is 18.2 Å². The van der Waals surface area contributed by atoms with Gasteiger partial charge < -0.3 is 33.5 Å². The number of aliphatic hydroxyl groups excluding tert-OH is 1. The van der Waals surface area contributed by atoms with Crippen molar-refractivity contribution < 1.29 is 33.5 Å². The van der Waals surface area contributed by atoms with Gasteiger partial charge in [-0.25, -0.2) is 0 Å². The number of ether oxygens (including phenoxy) is 6. The normalized spacial score (nSPS) is 10.6. The van der Waals surface area contributed by atoms with Gasteiger partial charge in [0.1, 0.15) is 23.9 Å². The van der Waals surface area contributed by atoms with Crippen LogP contribution in [0.3, 0.4) is 0 Å². The van der Waals surface area contributed by atoms with E-state index < -0.39 is 0 Å². The van der Waals surface area contributed by atoms with E-state index in [1.54, 1.807) is 32.4 Å². The Bertz CT molecular complexity index is 389. The van der Waals surface area contributed by atoms with E-state index in [0.717, 1.165) is 0 Å². The Labute approximate surface area is 137 Å². The lowest BCUT2D eigenvalue weighted by atomic mass is 10.3. The minimum Gasteiger partial charge on any atom is -0.496 e. The summed E-state index contributed by atoms with van der Waals surface area (Å²) in [6.45, 7) is 3.21. The van der Waals surface area contributed by atoms with Gasteiger partial charge in [0.25, 0.3) is 0 Å². The number of rotatable bonds is 14. The maximum atomic E-state index is 8.52. The lowest BCUT2D eigenvalue weighted by molar-refractivity contribution is 0.00359. The van der Waals surface area contributed by atoms with E-state index in [0.29, 0.717) is 63.5 Å². The van der Waals surface area contributed by atoms with Crippen LogP contribution in [0.1, 0.15) is 0 Å². The van der Waals surface area contributed by atoms with Crippen LogP contribution in [-0.2, 0) is 14.2 Å². The molecular formula is C16H26O7. The molecule has 0 bridgehead atoms. The van der Waals surface area contributed by atoms with Crippen molar-refractivity contribution in [1.82, 2.24) is 0 Å². The van der Waals surface area contributed by atoms with Crippen LogP contribution in [0.25, 0.3) is 0 Å². The number of methoxy groups -OCH3 is 2. The predicted octanol–water partition coefficient (Wildman–Crippen LogP) is 1.12. The van der Waals surface area contributed by atoms with Gasteiger partial charge in [-0.15, -0.1) is 0 Å². The number of benzene rings is 1. The molecule has 0 saturated carbocycles. The molecule has 0 amide bonds. The molecule has 0 saturated heterocycles. The summed E-state index contributed by atoms with van der Waals surface area (Å²) < 4.78 is 31.7. The van der Waals surface area contributed by atoms with Crippen LogP contribution >= 0.6 is 0 Å². The largest absolute Gasteiger partial charge is 0.496 e. The summed E-state index contributed by atoms with van der Waals surface area (Å²) in [5.41, 5.74) is 0. The summed E-state index contributed by atoms with van der Waals surface area (Å²) in [4.78, 5) is 0. The first kappa shape index (κ1) is 19.5. The monoisotopic (exact) mass is 330 g/mol. The van der Waals surface area contributed by atoms with E-state index in [1.165, 1.54) is 0 Å². The van der Waals surface area contributed by atoms with E-state index >= 15 is 0 Å². The molecule has 0 aromatic heterocycles. The standard InChI is InChI=1S/C16H26O7/c1-18-14-11-15(19-2)13-16(12-14)23-10-9-22-8-7-21-6-5-20-4-3-17/h11-13,17H,3-10H2,1-2H3. The fourth-order valence-corrected chi connectivity index (χ4v) is 1.69. The number of hydrogen-bond acceptors (Lipinski definition) is 7. The maximum absolute atomic E-state index is 8.52. The fraction of sp³-hybridized carbons (Fsp3) is 0.625. The van der Waals surface area contributed by atoms with Crippen molar-refractivity contribution in [3.05, 3.63) is 18.2 Å². The van der Waals surface area contributed by atoms with Gasteiger partial charge in [0.05, 0.1) is 60.5 Å². The molecule has 1 aromatic carbocycles. The third-order valence-corrected chi connectivity index (χ3v) is 2.80. The SMILES string of the molecule is COc1cc(OC)cc(OCCOCCOCCOCCO)c1. The average molecular weight is 330 g/mol. The van der Waals surface area contributed by atoms with E-state index in [2.05, 4.69) is 0 Å². The number of aliphatic hydroxyl groups is 1. The molecule has 1 N–H and O–H groups in total. The van der Waals surface area contributed by atoms with E-state index in [9.17, 15) is 0 Å². The number of hydrogen-bond donors (Lipinski definition) is 1. The highest BCUT2D eigenvalue weighted by Gasteiger charge is 2.02. The quantitative estimate of drug-likeness (QED) is 0.512. The zero-order chi connectivity index (χ0) is 16.8. The molecule has 0 aliphatic heterocycles. The van der Waals surface area contributed by atoms with Crippen LogP contribution in [0.15, 0.2) is 18.2 Å². The zero-order valence-electron chi connectivity index (χ0n) is 13.8. The molecule has 132 valence electrons. The Morgan fingerprint density at radius 2 is 1.09 bits per heavy atom. The molecular weight excluding hydrogens is 304 g/mol. The van der Waals surface area contributed by atoms with Gasteiger partial charge in [-0.1, -0.05) is 0 Å². The molecule has 1 aromatic rings. The third kappa shape index (κ3) is 9.25. The molecule has 0 spiro atoms. The topological polar surface area (TPSA) is 75.6 Å². The molecule has 0 radical (unpaired) electrons. The Morgan fingerprint density at radius 3 is 1.57 bits per heavy atom. The molecule has 7 heteroatoms. The highest BCUT2D eigenvalue weighted by Crippen LogP contribution is 2.27. The van der Waals surface area contributed by atoms with Crippen LogP contribution in [0.2, 0.25) is 0 Å². The van der Waals surface area contributed by atoms with Gasteiger partial charge in [0.15, 0.2) is 0 Å². The van der Waals surface area contributed by atoms with Crippen molar-refractivity contribution in [3.63, 3.8) is 0 Å². The van der Waals surface area contributed by atoms with Gasteiger partial charge in [0.2, 0.25) is 0 Å². The molecule has 0 aliphatic carbocycles. The molecule has 23 heavy (non-hydrogen) atoms. The summed E-state index contributed by atoms with van der Waals surface area (Å²) in [7, 11) is 3.19. The Balaban J connectivity index is 2.04. The molecule has 0 fully saturated rings. The van der Waals surface area contributed by atoms with Crippen LogP contribution in [-0.4, -0.2) is 72.2 Å². The molecule has 7 nitrogen and oxygen atoms in total. The second-order valence-electron chi connectivity index (χ2n) is 4.46. The van der Waals surface area contributed by atoms with Crippen molar-refractivity contribution in [2.45, 2.75) is 0 Å². The maximum Gasteiger partial charge on any atom is 0.126 e. The highest BCUT2D eigenvalue weighted by atomic mass is 16.6. The first-order valence-electron chi connectivity index (χ1n) is 7.50. The second-order valence-corrected chi connectivity index (χ2v) is 4.46. The molecule has 0 atom stereocenters. The van der Waals surface area contributed by atoms with Crippen LogP contribution in [0.4, 0.5) is 0 Å². The fourth-order valence-electron chi connectivity index (χ4n) is 1.69. The average Bonchev–Trinajstić information content (AvgIpc) is 2.59. The van der Waals surface area contributed by atoms with Crippen LogP contribution in [0, 0.1) is 0 Å². The van der Waals surface area contributed by atoms with Gasteiger partial charge in [-0.3, -0.25) is 0 Å². The predicted molar refractivity (Wildman–Crippen MR) is 84.6 cm³/mol. The van der Waals surface area contributed by atoms with Crippen molar-refractivity contribution in [3.8, 4) is 17.2 Å². The summed E-state index contributed by atoms with van der Waals surface area (Å²) >= 11 is 0. The lowest BCUT2D eigenvalue weighted by Gasteiger charge is -2.10. The minimum absolute atomic E-state index is 0.0300. The van der Waals surface area contributed by atoms with Crippen molar-refractivity contribution in [1.29, 1.82) is 0 Å². The molecule has 0 aliphatic rings. The molecule has 0 heterocycles. The van der Waals surface area contributed by atoms with Gasteiger partial charge in [-0.05, 0) is 0 Å². The lowest BCUT2D eigenvalue weighted by Crippen LogP contribution is -2.13. The summed E-state index contributed by atoms with van der Waals surface area (Å²) in [6, 6.07) is 5.36. The first-order chi connectivity index (χ1) is 11.3. The summed E-state index contributed by atoms with van der Waals surface area (Å²) in [5.74, 6) is 2.02. The minimum atomic E-state index is 0.0300. The van der Waals surface area contributed by atoms with E-state index in [4.69, 9.17) is 33.5 Å². The van der Waals surface area contributed by atoms with Crippen LogP contribution in [0.5, 0.6) is 17.2 Å². The molecule has 1 rings (SSSR count). The first-order valence-corrected chi connectivity index (χ1v) is 7.50. The summed E-state index contributed by atoms with van der Waals surface area (Å²) in [6.07, 6.45) is 0. The summed E-state index contributed by atoms with van der Waals surface area (Å²) in [5, 5.41) is 8.52. The third-order valence-electron chi connectivity index (χ3n) is 2.80. The molecule has 0 unspecified atom stereocenters. The van der Waals surface area contributed by atoms with Crippen molar-refractivity contribution >= 4 is 0 Å². The van der Waals surface area contributed by atoms with Crippen molar-refractivity contribution in [2.24, 2.45) is 0 Å². The Morgan fingerprint density at radius 1 is 0.652 bits per heavy atom. The van der Waals surface area contributed by atoms with Crippen molar-refractivity contribution in [2.75, 3.05) is 67.1 Å². The van der Waals surface area contributed by atoms with E-state index in [-0.39, 0.29) is 6.61 Å². The van der Waals surface area contributed by atoms with Gasteiger partial charge in [-0.2, -0.15) is 0 Å². The highest BCUT2D eigenvalue weighted by molar-refractivity contribution is 5.41. The Kier molecular flexibility index (Phi) is 11.0. The van der Waals surface area contributed by atoms with E-state index in [1.807, 2.05) is 0 Å². The van der Waals surface area contributed by atoms with Crippen LogP contribution < -0.4 is 14.2 Å². The smallest absolute Gasteiger partial charge is 0.126 e.